The predicted molar refractivity (Wildman–Crippen MR) is 99.9 cm³/mol. The molecule has 1 heterocycles. The van der Waals surface area contributed by atoms with E-state index >= 15 is 0 Å². The predicted octanol–water partition coefficient (Wildman–Crippen LogP) is 1.40. The van der Waals surface area contributed by atoms with Crippen molar-refractivity contribution in [1.29, 1.82) is 0 Å². The van der Waals surface area contributed by atoms with Gasteiger partial charge in [0, 0.05) is 25.2 Å². The number of likely N-dealkylation sites (tertiary alicyclic amines) is 1. The summed E-state index contributed by atoms with van der Waals surface area (Å²) in [6.45, 7) is -0.0523. The number of carbonyl (C=O) groups is 3. The standard InChI is InChI=1S/C19H25F2N3O5/c1-3-22-18(27)13-5-4-8-24(11-13)16(25)10-23-17(26)12-6-7-14(29-19(20)21)15(9-12)28-2/h6-7,9,13,19H,3-5,8,10-11H2,1-2H3,(H,22,27)(H,23,26). The van der Waals surface area contributed by atoms with Gasteiger partial charge in [0.15, 0.2) is 11.5 Å². The maximum Gasteiger partial charge on any atom is 0.387 e. The first kappa shape index (κ1) is 22.4. The molecule has 1 aliphatic heterocycles. The zero-order valence-corrected chi connectivity index (χ0v) is 16.4. The van der Waals surface area contributed by atoms with Crippen molar-refractivity contribution in [2.45, 2.75) is 26.4 Å². The van der Waals surface area contributed by atoms with Crippen LogP contribution >= 0.6 is 0 Å². The third-order valence-corrected chi connectivity index (χ3v) is 4.54. The maximum atomic E-state index is 12.4. The lowest BCUT2D eigenvalue weighted by Gasteiger charge is -2.32. The molecular weight excluding hydrogens is 388 g/mol. The lowest BCUT2D eigenvalue weighted by atomic mass is 9.97. The van der Waals surface area contributed by atoms with Crippen molar-refractivity contribution in [3.63, 3.8) is 0 Å². The molecule has 1 aliphatic rings. The molecular formula is C19H25F2N3O5. The maximum absolute atomic E-state index is 12.4. The van der Waals surface area contributed by atoms with Crippen molar-refractivity contribution in [3.05, 3.63) is 23.8 Å². The Bertz CT molecular complexity index is 745. The zero-order valence-electron chi connectivity index (χ0n) is 16.4. The van der Waals surface area contributed by atoms with E-state index in [-0.39, 0.29) is 41.3 Å². The fraction of sp³-hybridized carbons (Fsp3) is 0.526. The van der Waals surface area contributed by atoms with Gasteiger partial charge in [-0.2, -0.15) is 8.78 Å². The zero-order chi connectivity index (χ0) is 21.4. The van der Waals surface area contributed by atoms with Crippen molar-refractivity contribution in [2.75, 3.05) is 33.3 Å². The Hall–Kier alpha value is -2.91. The molecule has 1 aromatic rings. The molecule has 1 fully saturated rings. The van der Waals surface area contributed by atoms with E-state index in [9.17, 15) is 23.2 Å². The number of benzene rings is 1. The lowest BCUT2D eigenvalue weighted by Crippen LogP contribution is -2.48. The number of hydrogen-bond donors (Lipinski definition) is 2. The minimum atomic E-state index is -3.02. The average molecular weight is 413 g/mol. The Morgan fingerprint density at radius 1 is 1.24 bits per heavy atom. The van der Waals surface area contributed by atoms with Crippen LogP contribution in [0, 0.1) is 5.92 Å². The quantitative estimate of drug-likeness (QED) is 0.672. The molecule has 1 aromatic carbocycles. The molecule has 0 spiro atoms. The van der Waals surface area contributed by atoms with E-state index in [0.717, 1.165) is 6.42 Å². The lowest BCUT2D eigenvalue weighted by molar-refractivity contribution is -0.134. The number of methoxy groups -OCH3 is 1. The Kier molecular flexibility index (Phi) is 8.17. The molecule has 1 saturated heterocycles. The number of piperidine rings is 1. The van der Waals surface area contributed by atoms with Crippen LogP contribution in [-0.2, 0) is 9.59 Å². The van der Waals surface area contributed by atoms with Gasteiger partial charge in [0.05, 0.1) is 19.6 Å². The average Bonchev–Trinajstić information content (AvgIpc) is 2.71. The van der Waals surface area contributed by atoms with Gasteiger partial charge in [-0.1, -0.05) is 0 Å². The summed E-state index contributed by atoms with van der Waals surface area (Å²) in [4.78, 5) is 38.3. The van der Waals surface area contributed by atoms with Crippen molar-refractivity contribution in [3.8, 4) is 11.5 Å². The largest absolute Gasteiger partial charge is 0.493 e. The second-order valence-electron chi connectivity index (χ2n) is 6.50. The van der Waals surface area contributed by atoms with Crippen molar-refractivity contribution in [2.24, 2.45) is 5.92 Å². The summed E-state index contributed by atoms with van der Waals surface area (Å²) in [5, 5.41) is 5.26. The van der Waals surface area contributed by atoms with E-state index in [4.69, 9.17) is 4.74 Å². The molecule has 0 aromatic heterocycles. The molecule has 0 radical (unpaired) electrons. The SMILES string of the molecule is CCNC(=O)C1CCCN(C(=O)CNC(=O)c2ccc(OC(F)F)c(OC)c2)C1. The van der Waals surface area contributed by atoms with Crippen LogP contribution in [0.15, 0.2) is 18.2 Å². The Morgan fingerprint density at radius 2 is 2.00 bits per heavy atom. The molecule has 2 N–H and O–H groups in total. The number of rotatable bonds is 8. The van der Waals surface area contributed by atoms with Gasteiger partial charge in [-0.05, 0) is 38.0 Å². The minimum Gasteiger partial charge on any atom is -0.493 e. The van der Waals surface area contributed by atoms with Gasteiger partial charge in [0.1, 0.15) is 0 Å². The highest BCUT2D eigenvalue weighted by Crippen LogP contribution is 2.29. The third kappa shape index (κ3) is 6.30. The normalized spacial score (nSPS) is 16.3. The van der Waals surface area contributed by atoms with Gasteiger partial charge in [0.25, 0.3) is 5.91 Å². The Labute approximate surface area is 167 Å². The van der Waals surface area contributed by atoms with Gasteiger partial charge in [0.2, 0.25) is 11.8 Å². The number of alkyl halides is 2. The number of nitrogens with one attached hydrogen (secondary N) is 2. The van der Waals surface area contributed by atoms with Crippen LogP contribution in [0.1, 0.15) is 30.1 Å². The molecule has 1 unspecified atom stereocenters. The molecule has 2 rings (SSSR count). The highest BCUT2D eigenvalue weighted by atomic mass is 19.3. The molecule has 8 nitrogen and oxygen atoms in total. The summed E-state index contributed by atoms with van der Waals surface area (Å²) in [6.07, 6.45) is 1.43. The summed E-state index contributed by atoms with van der Waals surface area (Å²) >= 11 is 0. The second kappa shape index (κ2) is 10.6. The monoisotopic (exact) mass is 413 g/mol. The van der Waals surface area contributed by atoms with Gasteiger partial charge < -0.3 is 25.0 Å². The molecule has 10 heteroatoms. The van der Waals surface area contributed by atoms with Crippen molar-refractivity contribution < 1.29 is 32.6 Å². The number of halogens is 2. The van der Waals surface area contributed by atoms with Crippen LogP contribution in [0.3, 0.4) is 0 Å². The summed E-state index contributed by atoms with van der Waals surface area (Å²) in [7, 11) is 1.26. The smallest absolute Gasteiger partial charge is 0.387 e. The molecule has 3 amide bonds. The topological polar surface area (TPSA) is 97.0 Å². The Morgan fingerprint density at radius 3 is 2.66 bits per heavy atom. The molecule has 0 aliphatic carbocycles. The van der Waals surface area contributed by atoms with Crippen LogP contribution in [0.4, 0.5) is 8.78 Å². The van der Waals surface area contributed by atoms with E-state index in [0.29, 0.717) is 26.1 Å². The van der Waals surface area contributed by atoms with Crippen LogP contribution in [0.2, 0.25) is 0 Å². The summed E-state index contributed by atoms with van der Waals surface area (Å²) in [5.41, 5.74) is 0.134. The van der Waals surface area contributed by atoms with E-state index in [1.54, 1.807) is 4.90 Å². The van der Waals surface area contributed by atoms with Crippen molar-refractivity contribution in [1.82, 2.24) is 15.5 Å². The first-order valence-electron chi connectivity index (χ1n) is 9.32. The molecule has 160 valence electrons. The number of carbonyl (C=O) groups excluding carboxylic acids is 3. The second-order valence-corrected chi connectivity index (χ2v) is 6.50. The van der Waals surface area contributed by atoms with Crippen LogP contribution in [0.25, 0.3) is 0 Å². The Balaban J connectivity index is 1.92. The van der Waals surface area contributed by atoms with E-state index in [1.807, 2.05) is 6.92 Å². The van der Waals surface area contributed by atoms with Gasteiger partial charge >= 0.3 is 6.61 Å². The summed E-state index contributed by atoms with van der Waals surface area (Å²) < 4.78 is 34.0. The number of amides is 3. The van der Waals surface area contributed by atoms with E-state index in [2.05, 4.69) is 15.4 Å². The van der Waals surface area contributed by atoms with Crippen molar-refractivity contribution >= 4 is 17.7 Å². The first-order valence-corrected chi connectivity index (χ1v) is 9.32. The molecule has 0 saturated carbocycles. The van der Waals surface area contributed by atoms with Crippen LogP contribution in [0.5, 0.6) is 11.5 Å². The fourth-order valence-corrected chi connectivity index (χ4v) is 3.11. The van der Waals surface area contributed by atoms with Gasteiger partial charge in [-0.15, -0.1) is 0 Å². The van der Waals surface area contributed by atoms with Gasteiger partial charge in [-0.25, -0.2) is 0 Å². The third-order valence-electron chi connectivity index (χ3n) is 4.54. The highest BCUT2D eigenvalue weighted by Gasteiger charge is 2.28. The number of hydrogen-bond acceptors (Lipinski definition) is 5. The van der Waals surface area contributed by atoms with E-state index < -0.39 is 12.5 Å². The molecule has 1 atom stereocenters. The van der Waals surface area contributed by atoms with E-state index in [1.165, 1.54) is 25.3 Å². The fourth-order valence-electron chi connectivity index (χ4n) is 3.11. The summed E-state index contributed by atoms with van der Waals surface area (Å²) in [6, 6.07) is 3.75. The highest BCUT2D eigenvalue weighted by molar-refractivity contribution is 5.97. The molecule has 0 bridgehead atoms. The minimum absolute atomic E-state index is 0.0231. The van der Waals surface area contributed by atoms with Gasteiger partial charge in [-0.3, -0.25) is 14.4 Å². The first-order chi connectivity index (χ1) is 13.8. The van der Waals surface area contributed by atoms with Crippen LogP contribution in [-0.4, -0.2) is 62.5 Å². The number of ether oxygens (including phenoxy) is 2. The summed E-state index contributed by atoms with van der Waals surface area (Å²) in [5.74, 6) is -1.40. The number of nitrogens with zero attached hydrogens (tertiary/aromatic N) is 1. The van der Waals surface area contributed by atoms with Crippen LogP contribution < -0.4 is 20.1 Å². The molecule has 29 heavy (non-hydrogen) atoms.